The highest BCUT2D eigenvalue weighted by atomic mass is 32.2. The molecule has 210 valence electrons. The number of carbonyl (C=O) groups excluding carboxylic acids is 1. The predicted octanol–water partition coefficient (Wildman–Crippen LogP) is 3.76. The normalized spacial score (nSPS) is 16.1. The number of benzene rings is 2. The number of hydrogen-bond donors (Lipinski definition) is 1. The minimum absolute atomic E-state index is 0.00448. The molecule has 1 unspecified atom stereocenters. The van der Waals surface area contributed by atoms with E-state index in [1.54, 1.807) is 32.1 Å². The Labute approximate surface area is 233 Å². The number of hydrogen-bond acceptors (Lipinski definition) is 8. The van der Waals surface area contributed by atoms with Crippen molar-refractivity contribution in [3.8, 4) is 28.5 Å². The SMILES string of the molecule is COc1ccc(-c2cc(C(=O)NCCc3ccc(OC)c(OC)c3)c3c(C)nn(C4CCS(=O)(=O)C4)c3n2)cc1. The number of carbonyl (C=O) groups is 1. The lowest BCUT2D eigenvalue weighted by molar-refractivity contribution is 0.0955. The van der Waals surface area contributed by atoms with Gasteiger partial charge >= 0.3 is 0 Å². The molecular formula is C29H32N4O6S. The molecule has 0 radical (unpaired) electrons. The number of ether oxygens (including phenoxy) is 3. The van der Waals surface area contributed by atoms with Gasteiger partial charge in [-0.2, -0.15) is 5.10 Å². The van der Waals surface area contributed by atoms with Crippen LogP contribution in [-0.4, -0.2) is 68.5 Å². The Hall–Kier alpha value is -4.12. The van der Waals surface area contributed by atoms with E-state index < -0.39 is 9.84 Å². The Bertz CT molecular complexity index is 1660. The maximum Gasteiger partial charge on any atom is 0.252 e. The standard InChI is InChI=1S/C29H32N4O6S/c1-18-27-23(29(34)30-13-11-19-5-10-25(38-3)26(15-19)39-4)16-24(20-6-8-22(37-2)9-7-20)31-28(27)33(32-18)21-12-14-40(35,36)17-21/h5-10,15-16,21H,11-14,17H2,1-4H3,(H,30,34). The van der Waals surface area contributed by atoms with E-state index in [0.29, 0.717) is 64.6 Å². The highest BCUT2D eigenvalue weighted by molar-refractivity contribution is 7.91. The Kier molecular flexibility index (Phi) is 7.66. The maximum absolute atomic E-state index is 13.6. The first-order valence-corrected chi connectivity index (χ1v) is 14.8. The summed E-state index contributed by atoms with van der Waals surface area (Å²) in [6, 6.07) is 14.5. The van der Waals surface area contributed by atoms with Gasteiger partial charge < -0.3 is 19.5 Å². The van der Waals surface area contributed by atoms with Crippen LogP contribution in [-0.2, 0) is 16.3 Å². The first-order chi connectivity index (χ1) is 19.2. The van der Waals surface area contributed by atoms with Gasteiger partial charge in [-0.25, -0.2) is 18.1 Å². The van der Waals surface area contributed by atoms with Crippen LogP contribution < -0.4 is 19.5 Å². The number of nitrogens with zero attached hydrogens (tertiary/aromatic N) is 3. The van der Waals surface area contributed by atoms with Crippen LogP contribution in [0, 0.1) is 6.92 Å². The van der Waals surface area contributed by atoms with Gasteiger partial charge in [0.1, 0.15) is 5.75 Å². The number of aromatic nitrogens is 3. The molecule has 0 spiro atoms. The number of amides is 1. The molecule has 11 heteroatoms. The van der Waals surface area contributed by atoms with Gasteiger partial charge in [0, 0.05) is 12.1 Å². The largest absolute Gasteiger partial charge is 0.497 e. The summed E-state index contributed by atoms with van der Waals surface area (Å²) in [5, 5.41) is 8.32. The van der Waals surface area contributed by atoms with Crippen LogP contribution in [0.5, 0.6) is 17.2 Å². The second kappa shape index (κ2) is 11.2. The zero-order valence-electron chi connectivity index (χ0n) is 22.9. The van der Waals surface area contributed by atoms with Crippen LogP contribution in [0.2, 0.25) is 0 Å². The fraction of sp³-hybridized carbons (Fsp3) is 0.345. The van der Waals surface area contributed by atoms with Crippen molar-refractivity contribution in [2.24, 2.45) is 0 Å². The van der Waals surface area contributed by atoms with Crippen molar-refractivity contribution in [2.75, 3.05) is 39.4 Å². The predicted molar refractivity (Wildman–Crippen MR) is 152 cm³/mol. The first-order valence-electron chi connectivity index (χ1n) is 13.0. The number of aryl methyl sites for hydroxylation is 1. The van der Waals surface area contributed by atoms with Gasteiger partial charge in [-0.05, 0) is 67.8 Å². The van der Waals surface area contributed by atoms with Crippen LogP contribution in [0.15, 0.2) is 48.5 Å². The third-order valence-corrected chi connectivity index (χ3v) is 8.92. The molecule has 2 aromatic heterocycles. The number of rotatable bonds is 9. The monoisotopic (exact) mass is 564 g/mol. The van der Waals surface area contributed by atoms with Crippen molar-refractivity contribution in [3.05, 3.63) is 65.4 Å². The molecule has 5 rings (SSSR count). The molecule has 1 aliphatic rings. The quantitative estimate of drug-likeness (QED) is 0.326. The fourth-order valence-electron chi connectivity index (χ4n) is 5.08. The minimum atomic E-state index is -3.15. The summed E-state index contributed by atoms with van der Waals surface area (Å²) in [5.41, 5.74) is 3.93. The smallest absolute Gasteiger partial charge is 0.252 e. The van der Waals surface area contributed by atoms with Crippen molar-refractivity contribution in [3.63, 3.8) is 0 Å². The molecule has 3 heterocycles. The lowest BCUT2D eigenvalue weighted by Gasteiger charge is -2.13. The summed E-state index contributed by atoms with van der Waals surface area (Å²) >= 11 is 0. The average molecular weight is 565 g/mol. The fourth-order valence-corrected chi connectivity index (χ4v) is 6.77. The van der Waals surface area contributed by atoms with Crippen LogP contribution >= 0.6 is 0 Å². The summed E-state index contributed by atoms with van der Waals surface area (Å²) in [4.78, 5) is 18.5. The number of pyridine rings is 1. The molecule has 0 bridgehead atoms. The van der Waals surface area contributed by atoms with Crippen molar-refractivity contribution in [2.45, 2.75) is 25.8 Å². The lowest BCUT2D eigenvalue weighted by Crippen LogP contribution is -2.26. The zero-order valence-corrected chi connectivity index (χ0v) is 23.7. The lowest BCUT2D eigenvalue weighted by atomic mass is 10.0. The van der Waals surface area contributed by atoms with Crippen LogP contribution in [0.1, 0.15) is 34.1 Å². The minimum Gasteiger partial charge on any atom is -0.497 e. The number of methoxy groups -OCH3 is 3. The second-order valence-corrected chi connectivity index (χ2v) is 12.0. The molecule has 1 aliphatic heterocycles. The van der Waals surface area contributed by atoms with E-state index in [1.165, 1.54) is 0 Å². The number of nitrogens with one attached hydrogen (secondary N) is 1. The van der Waals surface area contributed by atoms with Crippen molar-refractivity contribution >= 4 is 26.8 Å². The number of sulfone groups is 1. The summed E-state index contributed by atoms with van der Waals surface area (Å²) in [6.45, 7) is 2.21. The van der Waals surface area contributed by atoms with E-state index in [1.807, 2.05) is 49.4 Å². The average Bonchev–Trinajstić information content (AvgIpc) is 3.50. The van der Waals surface area contributed by atoms with E-state index in [2.05, 4.69) is 10.4 Å². The molecular weight excluding hydrogens is 532 g/mol. The molecule has 2 aromatic carbocycles. The highest BCUT2D eigenvalue weighted by Gasteiger charge is 2.32. The Morgan fingerprint density at radius 2 is 1.77 bits per heavy atom. The van der Waals surface area contributed by atoms with Gasteiger partial charge in [0.15, 0.2) is 27.0 Å². The summed E-state index contributed by atoms with van der Waals surface area (Å²) < 4.78 is 42.1. The molecule has 4 aromatic rings. The van der Waals surface area contributed by atoms with Crippen LogP contribution in [0.4, 0.5) is 0 Å². The van der Waals surface area contributed by atoms with Crippen LogP contribution in [0.3, 0.4) is 0 Å². The number of fused-ring (bicyclic) bond motifs is 1. The van der Waals surface area contributed by atoms with E-state index in [-0.39, 0.29) is 23.5 Å². The molecule has 1 amide bonds. The van der Waals surface area contributed by atoms with Crippen molar-refractivity contribution in [1.82, 2.24) is 20.1 Å². The molecule has 0 aliphatic carbocycles. The molecule has 1 fully saturated rings. The van der Waals surface area contributed by atoms with Gasteiger partial charge in [-0.1, -0.05) is 6.07 Å². The van der Waals surface area contributed by atoms with Crippen molar-refractivity contribution in [1.29, 1.82) is 0 Å². The summed E-state index contributed by atoms with van der Waals surface area (Å²) in [7, 11) is 1.62. The highest BCUT2D eigenvalue weighted by Crippen LogP contribution is 2.33. The maximum atomic E-state index is 13.6. The van der Waals surface area contributed by atoms with E-state index in [9.17, 15) is 13.2 Å². The van der Waals surface area contributed by atoms with Crippen molar-refractivity contribution < 1.29 is 27.4 Å². The van der Waals surface area contributed by atoms with E-state index in [0.717, 1.165) is 11.1 Å². The van der Waals surface area contributed by atoms with Gasteiger partial charge in [0.05, 0.1) is 61.2 Å². The van der Waals surface area contributed by atoms with E-state index in [4.69, 9.17) is 19.2 Å². The van der Waals surface area contributed by atoms with Gasteiger partial charge in [0.2, 0.25) is 0 Å². The van der Waals surface area contributed by atoms with Crippen LogP contribution in [0.25, 0.3) is 22.3 Å². The Morgan fingerprint density at radius 3 is 2.42 bits per heavy atom. The molecule has 1 atom stereocenters. The van der Waals surface area contributed by atoms with E-state index >= 15 is 0 Å². The third-order valence-electron chi connectivity index (χ3n) is 7.17. The summed E-state index contributed by atoms with van der Waals surface area (Å²) in [5.74, 6) is 1.83. The molecule has 1 saturated heterocycles. The Morgan fingerprint density at radius 1 is 1.02 bits per heavy atom. The first kappa shape index (κ1) is 27.4. The zero-order chi connectivity index (χ0) is 28.4. The topological polar surface area (TPSA) is 122 Å². The summed E-state index contributed by atoms with van der Waals surface area (Å²) in [6.07, 6.45) is 1.05. The molecule has 40 heavy (non-hydrogen) atoms. The molecule has 10 nitrogen and oxygen atoms in total. The molecule has 1 N–H and O–H groups in total. The molecule has 0 saturated carbocycles. The van der Waals surface area contributed by atoms with Gasteiger partial charge in [-0.15, -0.1) is 0 Å². The Balaban J connectivity index is 1.49. The second-order valence-electron chi connectivity index (χ2n) is 9.76. The third kappa shape index (κ3) is 5.46. The van der Waals surface area contributed by atoms with Gasteiger partial charge in [-0.3, -0.25) is 4.79 Å². The van der Waals surface area contributed by atoms with Gasteiger partial charge in [0.25, 0.3) is 5.91 Å².